The molecule has 0 radical (unpaired) electrons. The molecule has 20 heavy (non-hydrogen) atoms. The van der Waals surface area contributed by atoms with Gasteiger partial charge in [-0.05, 0) is 24.3 Å². The van der Waals surface area contributed by atoms with Crippen LogP contribution in [-0.2, 0) is 14.6 Å². The summed E-state index contributed by atoms with van der Waals surface area (Å²) in [6, 6.07) is 6.78. The normalized spacial score (nSPS) is 13.4. The molecular weight excluding hydrogens is 278 g/mol. The molecule has 0 saturated carbocycles. The van der Waals surface area contributed by atoms with Crippen LogP contribution in [0.3, 0.4) is 0 Å². The van der Waals surface area contributed by atoms with E-state index >= 15 is 0 Å². The molecule has 0 heterocycles. The summed E-state index contributed by atoms with van der Waals surface area (Å²) in [6.07, 6.45) is 1.06. The molecule has 114 valence electrons. The molecule has 0 bridgehead atoms. The molecule has 0 saturated heterocycles. The fourth-order valence-electron chi connectivity index (χ4n) is 1.65. The first-order valence-corrected chi connectivity index (χ1v) is 8.41. The molecule has 1 aromatic rings. The van der Waals surface area contributed by atoms with Crippen molar-refractivity contribution in [3.63, 3.8) is 0 Å². The highest BCUT2D eigenvalue weighted by atomic mass is 32.2. The minimum absolute atomic E-state index is 0.119. The standard InChI is InChI=1S/C14H23NO4S/c1-11(2)15-9-13(10-18-3)19-12-5-7-14(8-6-12)20(4,16)17/h5-8,11,13,15H,9-10H2,1-4H3. The van der Waals surface area contributed by atoms with Crippen molar-refractivity contribution in [1.82, 2.24) is 5.32 Å². The molecule has 1 atom stereocenters. The van der Waals surface area contributed by atoms with Crippen LogP contribution >= 0.6 is 0 Å². The minimum atomic E-state index is -3.17. The zero-order chi connectivity index (χ0) is 15.2. The van der Waals surface area contributed by atoms with E-state index < -0.39 is 9.84 Å². The number of rotatable bonds is 8. The number of ether oxygens (including phenoxy) is 2. The van der Waals surface area contributed by atoms with Gasteiger partial charge >= 0.3 is 0 Å². The lowest BCUT2D eigenvalue weighted by atomic mass is 10.3. The average Bonchev–Trinajstić information content (AvgIpc) is 2.36. The zero-order valence-corrected chi connectivity index (χ0v) is 13.2. The number of methoxy groups -OCH3 is 1. The molecule has 5 nitrogen and oxygen atoms in total. The summed E-state index contributed by atoms with van der Waals surface area (Å²) in [5, 5.41) is 3.29. The van der Waals surface area contributed by atoms with Crippen LogP contribution in [0.25, 0.3) is 0 Å². The van der Waals surface area contributed by atoms with Crippen molar-refractivity contribution in [3.8, 4) is 5.75 Å². The van der Waals surface area contributed by atoms with E-state index in [1.165, 1.54) is 6.26 Å². The molecule has 1 N–H and O–H groups in total. The third kappa shape index (κ3) is 5.90. The highest BCUT2D eigenvalue weighted by Gasteiger charge is 2.12. The Morgan fingerprint density at radius 3 is 2.25 bits per heavy atom. The van der Waals surface area contributed by atoms with Crippen LogP contribution in [-0.4, -0.2) is 47.1 Å². The van der Waals surface area contributed by atoms with Crippen molar-refractivity contribution in [1.29, 1.82) is 0 Å². The van der Waals surface area contributed by atoms with Crippen LogP contribution in [0.4, 0.5) is 0 Å². The molecule has 0 amide bonds. The largest absolute Gasteiger partial charge is 0.487 e. The molecule has 1 rings (SSSR count). The van der Waals surface area contributed by atoms with Crippen LogP contribution in [0.15, 0.2) is 29.2 Å². The summed E-state index contributed by atoms with van der Waals surface area (Å²) < 4.78 is 33.7. The predicted molar refractivity (Wildman–Crippen MR) is 79.0 cm³/mol. The SMILES string of the molecule is COCC(CNC(C)C)Oc1ccc(S(C)(=O)=O)cc1. The summed E-state index contributed by atoms with van der Waals surface area (Å²) in [5.41, 5.74) is 0. The van der Waals surface area contributed by atoms with Gasteiger partial charge in [0, 0.05) is 26.0 Å². The topological polar surface area (TPSA) is 64.6 Å². The Balaban J connectivity index is 2.68. The lowest BCUT2D eigenvalue weighted by Crippen LogP contribution is -2.38. The van der Waals surface area contributed by atoms with E-state index in [9.17, 15) is 8.42 Å². The van der Waals surface area contributed by atoms with Gasteiger partial charge in [0.15, 0.2) is 9.84 Å². The molecule has 0 aliphatic rings. The number of hydrogen-bond acceptors (Lipinski definition) is 5. The van der Waals surface area contributed by atoms with Gasteiger partial charge in [-0.25, -0.2) is 8.42 Å². The second kappa shape index (κ2) is 7.61. The molecule has 0 fully saturated rings. The second-order valence-electron chi connectivity index (χ2n) is 5.00. The molecule has 6 heteroatoms. The van der Waals surface area contributed by atoms with E-state index in [0.29, 0.717) is 24.9 Å². The minimum Gasteiger partial charge on any atom is -0.487 e. The second-order valence-corrected chi connectivity index (χ2v) is 7.02. The van der Waals surface area contributed by atoms with Crippen molar-refractivity contribution >= 4 is 9.84 Å². The van der Waals surface area contributed by atoms with Crippen molar-refractivity contribution < 1.29 is 17.9 Å². The zero-order valence-electron chi connectivity index (χ0n) is 12.4. The van der Waals surface area contributed by atoms with Crippen LogP contribution < -0.4 is 10.1 Å². The summed E-state index contributed by atoms with van der Waals surface area (Å²) in [4.78, 5) is 0.286. The first-order chi connectivity index (χ1) is 9.32. The Labute approximate surface area is 121 Å². The lowest BCUT2D eigenvalue weighted by molar-refractivity contribution is 0.0794. The van der Waals surface area contributed by atoms with Gasteiger partial charge in [-0.3, -0.25) is 0 Å². The Morgan fingerprint density at radius 1 is 1.20 bits per heavy atom. The van der Waals surface area contributed by atoms with Crippen molar-refractivity contribution in [2.75, 3.05) is 26.5 Å². The third-order valence-corrected chi connectivity index (χ3v) is 3.79. The maximum absolute atomic E-state index is 11.4. The fourth-order valence-corrected chi connectivity index (χ4v) is 2.28. The maximum atomic E-state index is 11.4. The Bertz CT molecular complexity index is 496. The van der Waals surface area contributed by atoms with E-state index in [-0.39, 0.29) is 11.0 Å². The lowest BCUT2D eigenvalue weighted by Gasteiger charge is -2.20. The molecule has 1 aromatic carbocycles. The first kappa shape index (κ1) is 16.9. The summed E-state index contributed by atoms with van der Waals surface area (Å²) in [5.74, 6) is 0.630. The van der Waals surface area contributed by atoms with Gasteiger partial charge in [0.25, 0.3) is 0 Å². The molecule has 0 spiro atoms. The summed E-state index contributed by atoms with van der Waals surface area (Å²) >= 11 is 0. The monoisotopic (exact) mass is 301 g/mol. The average molecular weight is 301 g/mol. The molecular formula is C14H23NO4S. The quantitative estimate of drug-likeness (QED) is 0.788. The Kier molecular flexibility index (Phi) is 6.45. The van der Waals surface area contributed by atoms with Gasteiger partial charge in [-0.2, -0.15) is 0 Å². The van der Waals surface area contributed by atoms with Gasteiger partial charge < -0.3 is 14.8 Å². The predicted octanol–water partition coefficient (Wildman–Crippen LogP) is 1.48. The van der Waals surface area contributed by atoms with Gasteiger partial charge in [0.1, 0.15) is 11.9 Å². The van der Waals surface area contributed by atoms with Crippen LogP contribution in [0.1, 0.15) is 13.8 Å². The third-order valence-electron chi connectivity index (χ3n) is 2.66. The molecule has 0 aliphatic heterocycles. The fraction of sp³-hybridized carbons (Fsp3) is 0.571. The van der Waals surface area contributed by atoms with Crippen molar-refractivity contribution in [3.05, 3.63) is 24.3 Å². The number of benzene rings is 1. The number of sulfone groups is 1. The number of hydrogen-bond donors (Lipinski definition) is 1. The van der Waals surface area contributed by atoms with Crippen LogP contribution in [0.5, 0.6) is 5.75 Å². The van der Waals surface area contributed by atoms with E-state index in [1.54, 1.807) is 31.4 Å². The smallest absolute Gasteiger partial charge is 0.175 e. The maximum Gasteiger partial charge on any atom is 0.175 e. The summed E-state index contributed by atoms with van der Waals surface area (Å²) in [7, 11) is -1.55. The van der Waals surface area contributed by atoms with Crippen molar-refractivity contribution in [2.24, 2.45) is 0 Å². The van der Waals surface area contributed by atoms with Gasteiger partial charge in [0.05, 0.1) is 11.5 Å². The first-order valence-electron chi connectivity index (χ1n) is 6.52. The van der Waals surface area contributed by atoms with E-state index in [2.05, 4.69) is 19.2 Å². The Hall–Kier alpha value is -1.11. The molecule has 0 aromatic heterocycles. The molecule has 1 unspecified atom stereocenters. The van der Waals surface area contributed by atoms with Gasteiger partial charge in [-0.15, -0.1) is 0 Å². The molecule has 0 aliphatic carbocycles. The summed E-state index contributed by atoms with van der Waals surface area (Å²) in [6.45, 7) is 5.25. The van der Waals surface area contributed by atoms with Gasteiger partial charge in [0.2, 0.25) is 0 Å². The van der Waals surface area contributed by atoms with Crippen molar-refractivity contribution in [2.45, 2.75) is 30.9 Å². The van der Waals surface area contributed by atoms with Gasteiger partial charge in [-0.1, -0.05) is 13.8 Å². The Morgan fingerprint density at radius 2 is 1.80 bits per heavy atom. The number of nitrogens with one attached hydrogen (secondary N) is 1. The van der Waals surface area contributed by atoms with E-state index in [4.69, 9.17) is 9.47 Å². The van der Waals surface area contributed by atoms with E-state index in [0.717, 1.165) is 0 Å². The van der Waals surface area contributed by atoms with E-state index in [1.807, 2.05) is 0 Å². The van der Waals surface area contributed by atoms with Crippen LogP contribution in [0.2, 0.25) is 0 Å². The highest BCUT2D eigenvalue weighted by molar-refractivity contribution is 7.90. The highest BCUT2D eigenvalue weighted by Crippen LogP contribution is 2.17. The van der Waals surface area contributed by atoms with Crippen LogP contribution in [0, 0.1) is 0 Å².